The number of nitrogens with zero attached hydrogens (tertiary/aromatic N) is 1. The Hall–Kier alpha value is -0.860. The lowest BCUT2D eigenvalue weighted by molar-refractivity contribution is -0.903. The normalized spacial score (nSPS) is 10.9. The Bertz CT molecular complexity index is 256. The minimum Gasteiger partial charge on any atom is -0.870 e. The number of hydrogen-bond acceptors (Lipinski definition) is 1. The third kappa shape index (κ3) is 5.55. The Morgan fingerprint density at radius 3 is 2.20 bits per heavy atom. The van der Waals surface area contributed by atoms with Crippen LogP contribution in [-0.4, -0.2) is 30.6 Å². The Balaban J connectivity index is 0.00000196. The molecule has 0 saturated heterocycles. The fraction of sp³-hybridized carbons (Fsp3) is 0.538. The summed E-state index contributed by atoms with van der Waals surface area (Å²) in [6, 6.07) is 10.7. The van der Waals surface area contributed by atoms with Gasteiger partial charge in [-0.05, 0) is 6.42 Å². The minimum atomic E-state index is 0. The maximum atomic E-state index is 2.31. The van der Waals surface area contributed by atoms with Crippen LogP contribution < -0.4 is 0 Å². The molecule has 0 atom stereocenters. The highest BCUT2D eigenvalue weighted by atomic mass is 16.0. The number of hydrogen-bond donors (Lipinski definition) is 0. The summed E-state index contributed by atoms with van der Waals surface area (Å²) in [6.45, 7) is 4.66. The molecular weight excluding hydrogens is 186 g/mol. The van der Waals surface area contributed by atoms with E-state index < -0.39 is 0 Å². The van der Waals surface area contributed by atoms with Crippen molar-refractivity contribution >= 4 is 0 Å². The third-order valence-corrected chi connectivity index (χ3v) is 2.57. The number of quaternary nitrogens is 1. The largest absolute Gasteiger partial charge is 0.870 e. The van der Waals surface area contributed by atoms with Crippen LogP contribution in [0.15, 0.2) is 30.3 Å². The van der Waals surface area contributed by atoms with Crippen molar-refractivity contribution in [3.63, 3.8) is 0 Å². The van der Waals surface area contributed by atoms with Crippen LogP contribution >= 0.6 is 0 Å². The van der Waals surface area contributed by atoms with E-state index in [-0.39, 0.29) is 5.48 Å². The second-order valence-corrected chi connectivity index (χ2v) is 4.66. The first-order valence-corrected chi connectivity index (χ1v) is 5.50. The average Bonchev–Trinajstić information content (AvgIpc) is 2.16. The monoisotopic (exact) mass is 209 g/mol. The smallest absolute Gasteiger partial charge is 0.104 e. The van der Waals surface area contributed by atoms with Gasteiger partial charge in [0.25, 0.3) is 0 Å². The molecule has 0 heterocycles. The summed E-state index contributed by atoms with van der Waals surface area (Å²) in [5.41, 5.74) is 1.44. The highest BCUT2D eigenvalue weighted by molar-refractivity contribution is 5.13. The summed E-state index contributed by atoms with van der Waals surface area (Å²) in [5, 5.41) is 0. The molecule has 0 bridgehead atoms. The van der Waals surface area contributed by atoms with Crippen molar-refractivity contribution in [3.05, 3.63) is 35.9 Å². The average molecular weight is 209 g/mol. The first-order valence-electron chi connectivity index (χ1n) is 5.50. The molecule has 15 heavy (non-hydrogen) atoms. The van der Waals surface area contributed by atoms with Crippen molar-refractivity contribution in [1.29, 1.82) is 0 Å². The van der Waals surface area contributed by atoms with Gasteiger partial charge < -0.3 is 9.96 Å². The third-order valence-electron chi connectivity index (χ3n) is 2.57. The van der Waals surface area contributed by atoms with Gasteiger partial charge in [-0.3, -0.25) is 0 Å². The molecule has 2 heteroatoms. The van der Waals surface area contributed by atoms with Crippen LogP contribution in [-0.2, 0) is 6.54 Å². The topological polar surface area (TPSA) is 30.0 Å². The van der Waals surface area contributed by atoms with Crippen molar-refractivity contribution in [2.24, 2.45) is 0 Å². The minimum absolute atomic E-state index is 0. The molecule has 1 aromatic carbocycles. The van der Waals surface area contributed by atoms with Gasteiger partial charge in [-0.2, -0.15) is 0 Å². The van der Waals surface area contributed by atoms with E-state index in [1.54, 1.807) is 0 Å². The molecule has 0 aliphatic rings. The van der Waals surface area contributed by atoms with E-state index in [1.807, 2.05) is 0 Å². The van der Waals surface area contributed by atoms with Crippen molar-refractivity contribution < 1.29 is 9.96 Å². The molecular formula is C13H23NO. The van der Waals surface area contributed by atoms with Gasteiger partial charge in [0, 0.05) is 5.56 Å². The van der Waals surface area contributed by atoms with E-state index >= 15 is 0 Å². The lowest BCUT2D eigenvalue weighted by atomic mass is 10.2. The zero-order valence-corrected chi connectivity index (χ0v) is 10.1. The lowest BCUT2D eigenvalue weighted by Gasteiger charge is -2.29. The number of unbranched alkanes of at least 4 members (excludes halogenated alkanes) is 1. The van der Waals surface area contributed by atoms with Crippen LogP contribution in [0.3, 0.4) is 0 Å². The van der Waals surface area contributed by atoms with Crippen LogP contribution in [0.2, 0.25) is 0 Å². The fourth-order valence-corrected chi connectivity index (χ4v) is 1.74. The summed E-state index contributed by atoms with van der Waals surface area (Å²) in [6.07, 6.45) is 2.61. The molecule has 0 saturated carbocycles. The van der Waals surface area contributed by atoms with Crippen molar-refractivity contribution in [3.8, 4) is 0 Å². The summed E-state index contributed by atoms with van der Waals surface area (Å²) < 4.78 is 1.10. The Labute approximate surface area is 93.4 Å². The molecule has 0 fully saturated rings. The van der Waals surface area contributed by atoms with E-state index in [1.165, 1.54) is 24.9 Å². The molecule has 0 spiro atoms. The van der Waals surface area contributed by atoms with Gasteiger partial charge in [-0.25, -0.2) is 0 Å². The number of rotatable bonds is 5. The van der Waals surface area contributed by atoms with E-state index in [4.69, 9.17) is 0 Å². The van der Waals surface area contributed by atoms with Gasteiger partial charge in [0.2, 0.25) is 0 Å². The van der Waals surface area contributed by atoms with Gasteiger partial charge in [0.15, 0.2) is 0 Å². The highest BCUT2D eigenvalue weighted by Gasteiger charge is 2.14. The summed E-state index contributed by atoms with van der Waals surface area (Å²) in [7, 11) is 4.62. The molecule has 1 rings (SSSR count). The van der Waals surface area contributed by atoms with Crippen LogP contribution in [0.1, 0.15) is 25.3 Å². The number of benzene rings is 1. The van der Waals surface area contributed by atoms with Gasteiger partial charge in [-0.15, -0.1) is 0 Å². The molecule has 2 nitrogen and oxygen atoms in total. The predicted octanol–water partition coefficient (Wildman–Crippen LogP) is 2.89. The second-order valence-electron chi connectivity index (χ2n) is 4.66. The highest BCUT2D eigenvalue weighted by Crippen LogP contribution is 2.10. The van der Waals surface area contributed by atoms with Crippen molar-refractivity contribution in [1.82, 2.24) is 0 Å². The molecule has 0 unspecified atom stereocenters. The zero-order chi connectivity index (χ0) is 10.4. The van der Waals surface area contributed by atoms with E-state index in [9.17, 15) is 0 Å². The molecule has 1 N–H and O–H groups in total. The van der Waals surface area contributed by atoms with Gasteiger partial charge in [0.1, 0.15) is 6.54 Å². The van der Waals surface area contributed by atoms with Crippen LogP contribution in [0.5, 0.6) is 0 Å². The van der Waals surface area contributed by atoms with E-state index in [2.05, 4.69) is 51.4 Å². The summed E-state index contributed by atoms with van der Waals surface area (Å²) in [4.78, 5) is 0. The van der Waals surface area contributed by atoms with E-state index in [0.717, 1.165) is 11.0 Å². The van der Waals surface area contributed by atoms with E-state index in [0.29, 0.717) is 0 Å². The Morgan fingerprint density at radius 2 is 1.67 bits per heavy atom. The van der Waals surface area contributed by atoms with Crippen molar-refractivity contribution in [2.75, 3.05) is 20.6 Å². The molecule has 0 radical (unpaired) electrons. The molecule has 1 aromatic rings. The van der Waals surface area contributed by atoms with Gasteiger partial charge >= 0.3 is 0 Å². The zero-order valence-electron chi connectivity index (χ0n) is 10.1. The standard InChI is InChI=1S/C13H22N.H2O/c1-4-5-11-14(2,3)12-13-9-7-6-8-10-13;/h6-10H,4-5,11-12H2,1-3H3;1H2/q+1;/p-1. The molecule has 86 valence electrons. The quantitative estimate of drug-likeness (QED) is 0.686. The second kappa shape index (κ2) is 6.59. The van der Waals surface area contributed by atoms with Crippen LogP contribution in [0.25, 0.3) is 0 Å². The van der Waals surface area contributed by atoms with Gasteiger partial charge in [-0.1, -0.05) is 43.7 Å². The lowest BCUT2D eigenvalue weighted by Crippen LogP contribution is -2.39. The first-order chi connectivity index (χ1) is 6.64. The molecule has 0 aromatic heterocycles. The summed E-state index contributed by atoms with van der Waals surface area (Å²) in [5.74, 6) is 0. The Morgan fingerprint density at radius 1 is 1.07 bits per heavy atom. The Kier molecular flexibility index (Phi) is 6.21. The SMILES string of the molecule is CCCC[N+](C)(C)Cc1ccccc1.[OH-]. The van der Waals surface area contributed by atoms with Crippen LogP contribution in [0, 0.1) is 0 Å². The molecule has 0 amide bonds. The van der Waals surface area contributed by atoms with Gasteiger partial charge in [0.05, 0.1) is 20.6 Å². The molecule has 0 aliphatic heterocycles. The maximum Gasteiger partial charge on any atom is 0.104 e. The first kappa shape index (κ1) is 14.1. The van der Waals surface area contributed by atoms with Crippen LogP contribution in [0.4, 0.5) is 0 Å². The predicted molar refractivity (Wildman–Crippen MR) is 64.0 cm³/mol. The maximum absolute atomic E-state index is 2.31. The fourth-order valence-electron chi connectivity index (χ4n) is 1.74. The summed E-state index contributed by atoms with van der Waals surface area (Å²) >= 11 is 0. The molecule has 0 aliphatic carbocycles. The van der Waals surface area contributed by atoms with Crippen molar-refractivity contribution in [2.45, 2.75) is 26.3 Å².